The fraction of sp³-hybridized carbons (Fsp3) is 0.250. The van der Waals surface area contributed by atoms with Gasteiger partial charge in [-0.2, -0.15) is 0 Å². The molecule has 0 bridgehead atoms. The maximum Gasteiger partial charge on any atom is 0.297 e. The van der Waals surface area contributed by atoms with Crippen molar-refractivity contribution in [3.05, 3.63) is 63.3 Å². The molecule has 1 aromatic carbocycles. The lowest BCUT2D eigenvalue weighted by atomic mass is 10.2. The summed E-state index contributed by atoms with van der Waals surface area (Å²) < 4.78 is 6.92. The van der Waals surface area contributed by atoms with Crippen LogP contribution in [-0.2, 0) is 11.3 Å². The topological polar surface area (TPSA) is 80.4 Å². The zero-order valence-electron chi connectivity index (χ0n) is 15.6. The van der Waals surface area contributed by atoms with Gasteiger partial charge in [-0.05, 0) is 37.7 Å². The number of carbonyl (C=O) groups is 1. The molecule has 7 nitrogen and oxygen atoms in total. The van der Waals surface area contributed by atoms with Gasteiger partial charge in [0.05, 0.1) is 12.4 Å². The van der Waals surface area contributed by atoms with Gasteiger partial charge < -0.3 is 14.6 Å². The number of nitrogens with zero attached hydrogens (tertiary/aromatic N) is 3. The van der Waals surface area contributed by atoms with Crippen LogP contribution < -0.4 is 10.9 Å². The third-order valence-corrected chi connectivity index (χ3v) is 5.63. The summed E-state index contributed by atoms with van der Waals surface area (Å²) in [4.78, 5) is 32.7. The fourth-order valence-electron chi connectivity index (χ4n) is 3.17. The minimum atomic E-state index is -0.362. The Kier molecular flexibility index (Phi) is 4.97. The van der Waals surface area contributed by atoms with Gasteiger partial charge in [0.1, 0.15) is 17.6 Å². The average Bonchev–Trinajstić information content (AvgIpc) is 3.32. The van der Waals surface area contributed by atoms with Gasteiger partial charge in [-0.15, -0.1) is 11.3 Å². The molecule has 4 aromatic rings. The second-order valence-electron chi connectivity index (χ2n) is 6.75. The number of nitrogens with one attached hydrogen (secondary N) is 1. The highest BCUT2D eigenvalue weighted by Crippen LogP contribution is 2.24. The number of aromatic nitrogens is 2. The predicted octanol–water partition coefficient (Wildman–Crippen LogP) is 2.62. The first-order valence-corrected chi connectivity index (χ1v) is 9.76. The second-order valence-corrected chi connectivity index (χ2v) is 7.73. The summed E-state index contributed by atoms with van der Waals surface area (Å²) in [6.45, 7) is 0.352. The summed E-state index contributed by atoms with van der Waals surface area (Å²) in [5.41, 5.74) is 0.928. The first-order valence-electron chi connectivity index (χ1n) is 8.88. The molecule has 3 aromatic heterocycles. The van der Waals surface area contributed by atoms with Gasteiger partial charge in [0, 0.05) is 16.8 Å². The smallest absolute Gasteiger partial charge is 0.297 e. The molecule has 4 rings (SSSR count). The normalized spacial score (nSPS) is 12.7. The number of para-hydroxylation sites is 1. The molecule has 8 heteroatoms. The van der Waals surface area contributed by atoms with Crippen LogP contribution in [0.1, 0.15) is 10.9 Å². The quantitative estimate of drug-likeness (QED) is 0.542. The Morgan fingerprint density at radius 1 is 1.29 bits per heavy atom. The zero-order chi connectivity index (χ0) is 19.7. The van der Waals surface area contributed by atoms with Crippen LogP contribution in [0.25, 0.3) is 22.1 Å². The lowest BCUT2D eigenvalue weighted by Crippen LogP contribution is -2.37. The number of fused-ring (bicyclic) bond motifs is 3. The van der Waals surface area contributed by atoms with Crippen LogP contribution in [0.3, 0.4) is 0 Å². The Hall–Kier alpha value is -2.97. The second kappa shape index (κ2) is 7.57. The lowest BCUT2D eigenvalue weighted by molar-refractivity contribution is -0.121. The van der Waals surface area contributed by atoms with Gasteiger partial charge >= 0.3 is 0 Å². The highest BCUT2D eigenvalue weighted by molar-refractivity contribution is 7.10. The molecule has 28 heavy (non-hydrogen) atoms. The summed E-state index contributed by atoms with van der Waals surface area (Å²) in [7, 11) is 3.95. The third-order valence-electron chi connectivity index (χ3n) is 4.65. The van der Waals surface area contributed by atoms with Gasteiger partial charge in [-0.25, -0.2) is 4.98 Å². The van der Waals surface area contributed by atoms with Crippen molar-refractivity contribution >= 4 is 39.3 Å². The molecule has 3 heterocycles. The molecule has 0 aliphatic rings. The van der Waals surface area contributed by atoms with Crippen LogP contribution >= 0.6 is 11.3 Å². The van der Waals surface area contributed by atoms with Crippen LogP contribution in [0.5, 0.6) is 0 Å². The molecule has 0 saturated heterocycles. The first kappa shape index (κ1) is 18.4. The fourth-order valence-corrected chi connectivity index (χ4v) is 4.09. The van der Waals surface area contributed by atoms with Crippen molar-refractivity contribution in [1.29, 1.82) is 0 Å². The van der Waals surface area contributed by atoms with E-state index < -0.39 is 0 Å². The number of amides is 1. The Balaban J connectivity index is 1.51. The number of furan rings is 1. The molecule has 0 saturated carbocycles. The summed E-state index contributed by atoms with van der Waals surface area (Å²) in [5, 5.41) is 5.71. The average molecular weight is 396 g/mol. The molecule has 1 unspecified atom stereocenters. The summed E-state index contributed by atoms with van der Waals surface area (Å²) >= 11 is 1.65. The Bertz CT molecular complexity index is 1180. The van der Waals surface area contributed by atoms with Gasteiger partial charge in [0.2, 0.25) is 11.5 Å². The Labute approximate surface area is 165 Å². The Morgan fingerprint density at radius 2 is 2.11 bits per heavy atom. The van der Waals surface area contributed by atoms with Crippen molar-refractivity contribution in [3.63, 3.8) is 0 Å². The Morgan fingerprint density at radius 3 is 2.86 bits per heavy atom. The molecular formula is C20H20N4O3S. The third kappa shape index (κ3) is 3.44. The molecule has 1 N–H and O–H groups in total. The van der Waals surface area contributed by atoms with E-state index in [1.54, 1.807) is 17.4 Å². The molecule has 0 fully saturated rings. The highest BCUT2D eigenvalue weighted by Gasteiger charge is 2.18. The monoisotopic (exact) mass is 396 g/mol. The van der Waals surface area contributed by atoms with E-state index in [2.05, 4.69) is 15.2 Å². The maximum atomic E-state index is 12.7. The number of benzene rings is 1. The molecule has 0 aliphatic carbocycles. The van der Waals surface area contributed by atoms with E-state index in [1.807, 2.05) is 49.8 Å². The van der Waals surface area contributed by atoms with Crippen LogP contribution in [-0.4, -0.2) is 41.0 Å². The van der Waals surface area contributed by atoms with E-state index in [9.17, 15) is 9.59 Å². The maximum absolute atomic E-state index is 12.7. The van der Waals surface area contributed by atoms with E-state index in [4.69, 9.17) is 4.42 Å². The number of hydrogen-bond donors (Lipinski definition) is 1. The number of rotatable bonds is 6. The van der Waals surface area contributed by atoms with Crippen molar-refractivity contribution in [1.82, 2.24) is 19.8 Å². The van der Waals surface area contributed by atoms with Crippen molar-refractivity contribution in [2.75, 3.05) is 20.6 Å². The molecule has 0 spiro atoms. The largest absolute Gasteiger partial charge is 0.448 e. The first-order chi connectivity index (χ1) is 13.5. The minimum Gasteiger partial charge on any atom is -0.448 e. The predicted molar refractivity (Wildman–Crippen MR) is 110 cm³/mol. The number of likely N-dealkylation sites (N-methyl/N-ethyl adjacent to an activating group) is 1. The van der Waals surface area contributed by atoms with Gasteiger partial charge in [0.25, 0.3) is 5.56 Å². The molecule has 1 amide bonds. The number of hydrogen-bond acceptors (Lipinski definition) is 6. The molecule has 0 aliphatic heterocycles. The van der Waals surface area contributed by atoms with Crippen LogP contribution in [0.4, 0.5) is 0 Å². The summed E-state index contributed by atoms with van der Waals surface area (Å²) in [6.07, 6.45) is 1.40. The summed E-state index contributed by atoms with van der Waals surface area (Å²) in [6, 6.07) is 11.5. The standard InChI is InChI=1S/C20H20N4O3S/c1-23(2)14(16-8-5-9-28-16)10-21-17(25)11-24-12-22-18-13-6-3-4-7-15(13)27-19(18)20(24)26/h3-9,12,14H,10-11H2,1-2H3,(H,21,25). The van der Waals surface area contributed by atoms with E-state index in [0.717, 1.165) is 5.39 Å². The van der Waals surface area contributed by atoms with E-state index >= 15 is 0 Å². The molecule has 144 valence electrons. The van der Waals surface area contributed by atoms with Crippen LogP contribution in [0.15, 0.2) is 57.3 Å². The zero-order valence-corrected chi connectivity index (χ0v) is 16.4. The minimum absolute atomic E-state index is 0.0802. The van der Waals surface area contributed by atoms with E-state index in [1.165, 1.54) is 15.8 Å². The van der Waals surface area contributed by atoms with E-state index in [0.29, 0.717) is 17.6 Å². The van der Waals surface area contributed by atoms with Crippen LogP contribution in [0, 0.1) is 0 Å². The van der Waals surface area contributed by atoms with Crippen molar-refractivity contribution in [2.45, 2.75) is 12.6 Å². The van der Waals surface area contributed by atoms with Crippen LogP contribution in [0.2, 0.25) is 0 Å². The van der Waals surface area contributed by atoms with Crippen molar-refractivity contribution < 1.29 is 9.21 Å². The molecule has 0 radical (unpaired) electrons. The van der Waals surface area contributed by atoms with E-state index in [-0.39, 0.29) is 29.6 Å². The summed E-state index contributed by atoms with van der Waals surface area (Å²) in [5.74, 6) is -0.247. The van der Waals surface area contributed by atoms with Gasteiger partial charge in [0.15, 0.2) is 0 Å². The molecular weight excluding hydrogens is 376 g/mol. The number of thiophene rings is 1. The number of carbonyl (C=O) groups excluding carboxylic acids is 1. The van der Waals surface area contributed by atoms with Gasteiger partial charge in [-0.1, -0.05) is 18.2 Å². The highest BCUT2D eigenvalue weighted by atomic mass is 32.1. The SMILES string of the molecule is CN(C)C(CNC(=O)Cn1cnc2c(oc3ccccc32)c1=O)c1cccs1. The lowest BCUT2D eigenvalue weighted by Gasteiger charge is -2.23. The van der Waals surface area contributed by atoms with Crippen molar-refractivity contribution in [2.24, 2.45) is 0 Å². The van der Waals surface area contributed by atoms with Crippen molar-refractivity contribution in [3.8, 4) is 0 Å². The van der Waals surface area contributed by atoms with Gasteiger partial charge in [-0.3, -0.25) is 14.2 Å². The molecule has 1 atom stereocenters.